The van der Waals surface area contributed by atoms with Crippen LogP contribution in [-0.2, 0) is 6.54 Å². The second-order valence-electron chi connectivity index (χ2n) is 7.10. The van der Waals surface area contributed by atoms with Crippen molar-refractivity contribution in [3.8, 4) is 11.6 Å². The third-order valence-electron chi connectivity index (χ3n) is 4.74. The van der Waals surface area contributed by atoms with Gasteiger partial charge in [-0.15, -0.1) is 12.4 Å². The van der Waals surface area contributed by atoms with E-state index in [1.54, 1.807) is 35.2 Å². The smallest absolute Gasteiger partial charge is 0.254 e. The number of β-amino-alcohol motifs (C(OH)–C–C–N with tert-alkyl or cyclic N) is 1. The molecule has 2 unspecified atom stereocenters. The van der Waals surface area contributed by atoms with Crippen LogP contribution in [0.1, 0.15) is 21.6 Å². The van der Waals surface area contributed by atoms with Crippen molar-refractivity contribution in [3.63, 3.8) is 0 Å². The quantitative estimate of drug-likeness (QED) is 0.786. The lowest BCUT2D eigenvalue weighted by Crippen LogP contribution is -2.38. The van der Waals surface area contributed by atoms with E-state index in [9.17, 15) is 9.90 Å². The first kappa shape index (κ1) is 22.1. The summed E-state index contributed by atoms with van der Waals surface area (Å²) in [7, 11) is 3.81. The van der Waals surface area contributed by atoms with Crippen LogP contribution in [0.3, 0.4) is 0 Å². The number of halogens is 1. The highest BCUT2D eigenvalue weighted by atomic mass is 35.5. The summed E-state index contributed by atoms with van der Waals surface area (Å²) in [4.78, 5) is 20.8. The van der Waals surface area contributed by atoms with E-state index >= 15 is 0 Å². The number of aliphatic hydroxyl groups excluding tert-OH is 1. The monoisotopic (exact) mass is 406 g/mol. The van der Waals surface area contributed by atoms with Crippen molar-refractivity contribution in [1.29, 1.82) is 0 Å². The lowest BCUT2D eigenvalue weighted by molar-refractivity contribution is 0.0763. The summed E-state index contributed by atoms with van der Waals surface area (Å²) in [5, 5.41) is 10.2. The summed E-state index contributed by atoms with van der Waals surface area (Å²) in [5.74, 6) is 0.860. The van der Waals surface area contributed by atoms with Gasteiger partial charge in [0.15, 0.2) is 0 Å². The lowest BCUT2D eigenvalue weighted by Gasteiger charge is -2.21. The Morgan fingerprint density at radius 1 is 1.32 bits per heavy atom. The molecule has 1 aromatic carbocycles. The summed E-state index contributed by atoms with van der Waals surface area (Å²) < 4.78 is 5.84. The molecule has 1 aliphatic heterocycles. The Balaban J connectivity index is 0.00000280. The maximum Gasteiger partial charge on any atom is 0.254 e. The van der Waals surface area contributed by atoms with Gasteiger partial charge >= 0.3 is 0 Å². The van der Waals surface area contributed by atoms with Crippen molar-refractivity contribution in [1.82, 2.24) is 14.8 Å². The van der Waals surface area contributed by atoms with E-state index in [1.165, 1.54) is 0 Å². The lowest BCUT2D eigenvalue weighted by atomic mass is 10.2. The number of aromatic nitrogens is 1. The predicted octanol–water partition coefficient (Wildman–Crippen LogP) is 1.81. The largest absolute Gasteiger partial charge is 0.439 e. The number of aliphatic hydroxyl groups is 1. The van der Waals surface area contributed by atoms with Crippen molar-refractivity contribution in [2.75, 3.05) is 27.2 Å². The Morgan fingerprint density at radius 3 is 2.71 bits per heavy atom. The van der Waals surface area contributed by atoms with Gasteiger partial charge in [-0.1, -0.05) is 6.07 Å². The fraction of sp³-hybridized carbons (Fsp3) is 0.400. The van der Waals surface area contributed by atoms with Crippen LogP contribution in [0.2, 0.25) is 0 Å². The van der Waals surface area contributed by atoms with E-state index in [4.69, 9.17) is 10.5 Å². The minimum atomic E-state index is -0.547. The van der Waals surface area contributed by atoms with Gasteiger partial charge in [0, 0.05) is 37.0 Å². The van der Waals surface area contributed by atoms with E-state index in [0.717, 1.165) is 11.3 Å². The molecule has 8 heteroatoms. The molecule has 152 valence electrons. The minimum Gasteiger partial charge on any atom is -0.439 e. The molecule has 0 aliphatic carbocycles. The molecule has 0 bridgehead atoms. The highest BCUT2D eigenvalue weighted by Gasteiger charge is 2.35. The van der Waals surface area contributed by atoms with Crippen LogP contribution in [0.25, 0.3) is 0 Å². The third kappa shape index (κ3) is 4.99. The van der Waals surface area contributed by atoms with Crippen LogP contribution in [0.5, 0.6) is 11.6 Å². The van der Waals surface area contributed by atoms with Gasteiger partial charge in [-0.2, -0.15) is 0 Å². The zero-order valence-corrected chi connectivity index (χ0v) is 17.1. The van der Waals surface area contributed by atoms with Crippen molar-refractivity contribution in [3.05, 3.63) is 53.2 Å². The zero-order valence-electron chi connectivity index (χ0n) is 16.3. The summed E-state index contributed by atoms with van der Waals surface area (Å²) in [6, 6.07) is 10.7. The molecule has 28 heavy (non-hydrogen) atoms. The Morgan fingerprint density at radius 2 is 2.07 bits per heavy atom. The van der Waals surface area contributed by atoms with Crippen LogP contribution < -0.4 is 10.5 Å². The number of hydrogen-bond donors (Lipinski definition) is 2. The first-order valence-corrected chi connectivity index (χ1v) is 8.96. The molecule has 2 atom stereocenters. The van der Waals surface area contributed by atoms with Crippen LogP contribution in [0.4, 0.5) is 0 Å². The fourth-order valence-electron chi connectivity index (χ4n) is 3.32. The number of aryl methyl sites for hydroxylation is 1. The van der Waals surface area contributed by atoms with Crippen molar-refractivity contribution in [2.45, 2.75) is 25.6 Å². The number of benzene rings is 1. The number of ether oxygens (including phenoxy) is 1. The Hall–Kier alpha value is -2.19. The fourth-order valence-corrected chi connectivity index (χ4v) is 3.32. The number of carbonyl (C=O) groups excluding carboxylic acids is 1. The van der Waals surface area contributed by atoms with Gasteiger partial charge < -0.3 is 25.4 Å². The molecule has 2 heterocycles. The molecular weight excluding hydrogens is 380 g/mol. The highest BCUT2D eigenvalue weighted by molar-refractivity contribution is 5.94. The maximum absolute atomic E-state index is 12.8. The van der Waals surface area contributed by atoms with Gasteiger partial charge in [0.25, 0.3) is 5.91 Å². The number of nitrogens with two attached hydrogens (primary N) is 1. The van der Waals surface area contributed by atoms with Gasteiger partial charge in [-0.25, -0.2) is 4.98 Å². The Labute approximate surface area is 171 Å². The Kier molecular flexibility index (Phi) is 7.37. The van der Waals surface area contributed by atoms with Crippen LogP contribution in [0.15, 0.2) is 36.4 Å². The van der Waals surface area contributed by atoms with Gasteiger partial charge in [0.2, 0.25) is 5.88 Å². The molecule has 1 fully saturated rings. The molecule has 7 nitrogen and oxygen atoms in total. The number of carbonyl (C=O) groups is 1. The van der Waals surface area contributed by atoms with Crippen LogP contribution in [0, 0.1) is 6.92 Å². The first-order valence-electron chi connectivity index (χ1n) is 8.96. The SMILES string of the molecule is Cc1cc(CN)cc(Oc2cccc(C(=O)N3CC(O)C(N(C)C)C3)c2)n1.Cl. The average Bonchev–Trinajstić information content (AvgIpc) is 3.02. The van der Waals surface area contributed by atoms with Gasteiger partial charge in [-0.3, -0.25) is 4.79 Å². The van der Waals surface area contributed by atoms with E-state index in [2.05, 4.69) is 4.98 Å². The van der Waals surface area contributed by atoms with Crippen molar-refractivity contribution < 1.29 is 14.6 Å². The van der Waals surface area contributed by atoms with Crippen molar-refractivity contribution in [2.24, 2.45) is 5.73 Å². The summed E-state index contributed by atoms with van der Waals surface area (Å²) in [6.45, 7) is 3.11. The average molecular weight is 407 g/mol. The summed E-state index contributed by atoms with van der Waals surface area (Å²) in [6.07, 6.45) is -0.547. The van der Waals surface area contributed by atoms with E-state index in [0.29, 0.717) is 36.8 Å². The third-order valence-corrected chi connectivity index (χ3v) is 4.74. The molecule has 0 radical (unpaired) electrons. The zero-order chi connectivity index (χ0) is 19.6. The van der Waals surface area contributed by atoms with Gasteiger partial charge in [0.05, 0.1) is 12.1 Å². The van der Waals surface area contributed by atoms with E-state index < -0.39 is 6.10 Å². The standard InChI is InChI=1S/C20H26N4O3.ClH/c1-13-7-14(10-21)8-19(22-13)27-16-6-4-5-15(9-16)20(26)24-11-17(23(2)3)18(25)12-24;/h4-9,17-18,25H,10-12,21H2,1-3H3;1H. The summed E-state index contributed by atoms with van der Waals surface area (Å²) in [5.41, 5.74) is 7.98. The molecule has 1 aliphatic rings. The molecule has 0 saturated carbocycles. The van der Waals surface area contributed by atoms with E-state index in [1.807, 2.05) is 32.0 Å². The Bertz CT molecular complexity index is 831. The van der Waals surface area contributed by atoms with Crippen molar-refractivity contribution >= 4 is 18.3 Å². The van der Waals surface area contributed by atoms with E-state index in [-0.39, 0.29) is 24.4 Å². The molecule has 3 N–H and O–H groups in total. The molecule has 0 spiro atoms. The van der Waals surface area contributed by atoms with Gasteiger partial charge in [-0.05, 0) is 50.8 Å². The van der Waals surface area contributed by atoms with Gasteiger partial charge in [0.1, 0.15) is 5.75 Å². The number of pyridine rings is 1. The molecule has 3 rings (SSSR count). The summed E-state index contributed by atoms with van der Waals surface area (Å²) >= 11 is 0. The first-order chi connectivity index (χ1) is 12.9. The number of amides is 1. The predicted molar refractivity (Wildman–Crippen MR) is 110 cm³/mol. The molecule has 1 saturated heterocycles. The number of nitrogens with zero attached hydrogens (tertiary/aromatic N) is 3. The number of hydrogen-bond acceptors (Lipinski definition) is 6. The highest BCUT2D eigenvalue weighted by Crippen LogP contribution is 2.24. The topological polar surface area (TPSA) is 91.9 Å². The minimum absolute atomic E-state index is 0. The number of likely N-dealkylation sites (N-methyl/N-ethyl adjacent to an activating group) is 1. The number of rotatable bonds is 5. The molecular formula is C20H27ClN4O3. The molecule has 1 aromatic heterocycles. The molecule has 2 aromatic rings. The maximum atomic E-state index is 12.8. The molecule has 1 amide bonds. The second-order valence-corrected chi connectivity index (χ2v) is 7.10. The van der Waals surface area contributed by atoms with Crippen LogP contribution in [-0.4, -0.2) is 65.1 Å². The number of likely N-dealkylation sites (tertiary alicyclic amines) is 1. The van der Waals surface area contributed by atoms with Crippen LogP contribution >= 0.6 is 12.4 Å². The normalized spacial score (nSPS) is 18.9. The second kappa shape index (κ2) is 9.34.